The molecule has 0 N–H and O–H groups in total. The largest absolute Gasteiger partial charge is 0.339 e. The number of carbonyl (C=O) groups excluding carboxylic acids is 1. The molecule has 0 aromatic heterocycles. The Labute approximate surface area is 99.4 Å². The molecule has 0 spiro atoms. The standard InChI is InChI=1S/C14H25NO/c1-11(2)10-15(13-7-8-13)14(16)9-12-5-3-4-6-12/h11-13H,3-10H2,1-2H3. The molecule has 0 saturated heterocycles. The molecular weight excluding hydrogens is 198 g/mol. The molecule has 0 heterocycles. The summed E-state index contributed by atoms with van der Waals surface area (Å²) in [5.41, 5.74) is 0. The number of amides is 1. The van der Waals surface area contributed by atoms with Gasteiger partial charge in [0, 0.05) is 19.0 Å². The highest BCUT2D eigenvalue weighted by molar-refractivity contribution is 5.77. The molecule has 0 atom stereocenters. The van der Waals surface area contributed by atoms with E-state index in [0.29, 0.717) is 23.8 Å². The van der Waals surface area contributed by atoms with E-state index in [9.17, 15) is 4.79 Å². The fourth-order valence-electron chi connectivity index (χ4n) is 2.81. The molecule has 2 rings (SSSR count). The van der Waals surface area contributed by atoms with Crippen LogP contribution in [-0.2, 0) is 4.79 Å². The van der Waals surface area contributed by atoms with Crippen molar-refractivity contribution in [1.29, 1.82) is 0 Å². The van der Waals surface area contributed by atoms with Crippen molar-refractivity contribution in [2.24, 2.45) is 11.8 Å². The fourth-order valence-corrected chi connectivity index (χ4v) is 2.81. The first-order valence-corrected chi connectivity index (χ1v) is 6.96. The van der Waals surface area contributed by atoms with Crippen molar-refractivity contribution < 1.29 is 4.79 Å². The molecule has 16 heavy (non-hydrogen) atoms. The minimum absolute atomic E-state index is 0.433. The Hall–Kier alpha value is -0.530. The molecule has 2 heteroatoms. The molecule has 0 aromatic carbocycles. The summed E-state index contributed by atoms with van der Waals surface area (Å²) in [7, 11) is 0. The molecule has 2 aliphatic rings. The zero-order valence-corrected chi connectivity index (χ0v) is 10.7. The maximum atomic E-state index is 12.2. The molecule has 0 aromatic rings. The van der Waals surface area contributed by atoms with E-state index in [1.807, 2.05) is 0 Å². The van der Waals surface area contributed by atoms with Gasteiger partial charge in [0.15, 0.2) is 0 Å². The van der Waals surface area contributed by atoms with Gasteiger partial charge in [0.2, 0.25) is 5.91 Å². The number of carbonyl (C=O) groups is 1. The van der Waals surface area contributed by atoms with E-state index in [4.69, 9.17) is 0 Å². The second kappa shape index (κ2) is 5.20. The first-order valence-electron chi connectivity index (χ1n) is 6.96. The lowest BCUT2D eigenvalue weighted by Crippen LogP contribution is -2.36. The van der Waals surface area contributed by atoms with Crippen molar-refractivity contribution in [3.8, 4) is 0 Å². The summed E-state index contributed by atoms with van der Waals surface area (Å²) in [5.74, 6) is 1.73. The SMILES string of the molecule is CC(C)CN(C(=O)CC1CCCC1)C1CC1. The Morgan fingerprint density at radius 2 is 1.81 bits per heavy atom. The molecule has 2 aliphatic carbocycles. The highest BCUT2D eigenvalue weighted by Gasteiger charge is 2.33. The molecule has 92 valence electrons. The summed E-state index contributed by atoms with van der Waals surface area (Å²) in [6, 6.07) is 0.594. The Morgan fingerprint density at radius 1 is 1.19 bits per heavy atom. The zero-order chi connectivity index (χ0) is 11.5. The summed E-state index contributed by atoms with van der Waals surface area (Å²) in [5, 5.41) is 0. The van der Waals surface area contributed by atoms with Crippen LogP contribution >= 0.6 is 0 Å². The summed E-state index contributed by atoms with van der Waals surface area (Å²) < 4.78 is 0. The molecule has 1 amide bonds. The fraction of sp³-hybridized carbons (Fsp3) is 0.929. The predicted octanol–water partition coefficient (Wildman–Crippen LogP) is 3.21. The van der Waals surface area contributed by atoms with Gasteiger partial charge in [-0.1, -0.05) is 26.7 Å². The minimum Gasteiger partial charge on any atom is -0.339 e. The molecule has 0 bridgehead atoms. The molecule has 2 saturated carbocycles. The first kappa shape index (κ1) is 11.9. The van der Waals surface area contributed by atoms with Gasteiger partial charge in [0.05, 0.1) is 0 Å². The van der Waals surface area contributed by atoms with E-state index in [0.717, 1.165) is 13.0 Å². The van der Waals surface area contributed by atoms with E-state index in [-0.39, 0.29) is 0 Å². The van der Waals surface area contributed by atoms with E-state index in [1.165, 1.54) is 38.5 Å². The van der Waals surface area contributed by atoms with E-state index in [1.54, 1.807) is 0 Å². The molecule has 2 nitrogen and oxygen atoms in total. The normalized spacial score (nSPS) is 21.7. The Balaban J connectivity index is 1.83. The summed E-state index contributed by atoms with van der Waals surface area (Å²) >= 11 is 0. The highest BCUT2D eigenvalue weighted by atomic mass is 16.2. The van der Waals surface area contributed by atoms with Gasteiger partial charge in [-0.3, -0.25) is 4.79 Å². The van der Waals surface area contributed by atoms with Gasteiger partial charge < -0.3 is 4.90 Å². The van der Waals surface area contributed by atoms with Crippen LogP contribution in [0.4, 0.5) is 0 Å². The van der Waals surface area contributed by atoms with Gasteiger partial charge in [0.1, 0.15) is 0 Å². The van der Waals surface area contributed by atoms with Gasteiger partial charge in [-0.15, -0.1) is 0 Å². The Kier molecular flexibility index (Phi) is 3.88. The molecule has 0 radical (unpaired) electrons. The summed E-state index contributed by atoms with van der Waals surface area (Å²) in [4.78, 5) is 14.4. The van der Waals surface area contributed by atoms with Crippen LogP contribution < -0.4 is 0 Å². The van der Waals surface area contributed by atoms with Crippen LogP contribution in [0.1, 0.15) is 58.8 Å². The lowest BCUT2D eigenvalue weighted by atomic mass is 10.0. The van der Waals surface area contributed by atoms with Crippen molar-refractivity contribution in [2.75, 3.05) is 6.54 Å². The van der Waals surface area contributed by atoms with E-state index < -0.39 is 0 Å². The number of hydrogen-bond acceptors (Lipinski definition) is 1. The van der Waals surface area contributed by atoms with Gasteiger partial charge in [0.25, 0.3) is 0 Å². The summed E-state index contributed by atoms with van der Waals surface area (Å²) in [6.45, 7) is 5.38. The van der Waals surface area contributed by atoms with Crippen molar-refractivity contribution in [2.45, 2.75) is 64.8 Å². The second-order valence-corrected chi connectivity index (χ2v) is 6.03. The molecule has 2 fully saturated rings. The van der Waals surface area contributed by atoms with Crippen molar-refractivity contribution >= 4 is 5.91 Å². The third kappa shape index (κ3) is 3.23. The van der Waals surface area contributed by atoms with Crippen LogP contribution in [0.2, 0.25) is 0 Å². The van der Waals surface area contributed by atoms with Gasteiger partial charge in [-0.2, -0.15) is 0 Å². The maximum absolute atomic E-state index is 12.2. The van der Waals surface area contributed by atoms with Crippen LogP contribution in [0.5, 0.6) is 0 Å². The molecule has 0 unspecified atom stereocenters. The maximum Gasteiger partial charge on any atom is 0.223 e. The number of rotatable bonds is 5. The Morgan fingerprint density at radius 3 is 2.31 bits per heavy atom. The second-order valence-electron chi connectivity index (χ2n) is 6.03. The number of nitrogens with zero attached hydrogens (tertiary/aromatic N) is 1. The minimum atomic E-state index is 0.433. The van der Waals surface area contributed by atoms with Gasteiger partial charge in [-0.25, -0.2) is 0 Å². The lowest BCUT2D eigenvalue weighted by molar-refractivity contribution is -0.133. The Bertz CT molecular complexity index is 239. The van der Waals surface area contributed by atoms with Crippen molar-refractivity contribution in [3.63, 3.8) is 0 Å². The third-order valence-corrected chi connectivity index (χ3v) is 3.81. The zero-order valence-electron chi connectivity index (χ0n) is 10.7. The first-order chi connectivity index (χ1) is 7.66. The quantitative estimate of drug-likeness (QED) is 0.701. The van der Waals surface area contributed by atoms with Crippen LogP contribution in [0.3, 0.4) is 0 Å². The van der Waals surface area contributed by atoms with Gasteiger partial charge in [-0.05, 0) is 37.5 Å². The monoisotopic (exact) mass is 223 g/mol. The average molecular weight is 223 g/mol. The number of hydrogen-bond donors (Lipinski definition) is 0. The van der Waals surface area contributed by atoms with Crippen molar-refractivity contribution in [3.05, 3.63) is 0 Å². The van der Waals surface area contributed by atoms with Crippen LogP contribution in [0.25, 0.3) is 0 Å². The lowest BCUT2D eigenvalue weighted by Gasteiger charge is -2.25. The topological polar surface area (TPSA) is 20.3 Å². The van der Waals surface area contributed by atoms with Crippen LogP contribution in [-0.4, -0.2) is 23.4 Å². The molecular formula is C14H25NO. The smallest absolute Gasteiger partial charge is 0.223 e. The van der Waals surface area contributed by atoms with Crippen molar-refractivity contribution in [1.82, 2.24) is 4.90 Å². The van der Waals surface area contributed by atoms with Crippen LogP contribution in [0, 0.1) is 11.8 Å². The highest BCUT2D eigenvalue weighted by Crippen LogP contribution is 2.32. The predicted molar refractivity (Wildman–Crippen MR) is 66.1 cm³/mol. The van der Waals surface area contributed by atoms with Crippen LogP contribution in [0.15, 0.2) is 0 Å². The average Bonchev–Trinajstić information content (AvgIpc) is 2.94. The third-order valence-electron chi connectivity index (χ3n) is 3.81. The van der Waals surface area contributed by atoms with Gasteiger partial charge >= 0.3 is 0 Å². The van der Waals surface area contributed by atoms with E-state index in [2.05, 4.69) is 18.7 Å². The molecule has 0 aliphatic heterocycles. The van der Waals surface area contributed by atoms with E-state index >= 15 is 0 Å². The summed E-state index contributed by atoms with van der Waals surface area (Å²) in [6.07, 6.45) is 8.55.